The van der Waals surface area contributed by atoms with Gasteiger partial charge < -0.3 is 10.8 Å². The Hall–Kier alpha value is -1.37. The van der Waals surface area contributed by atoms with Crippen molar-refractivity contribution >= 4 is 27.3 Å². The molecule has 0 heterocycles. The Kier molecular flexibility index (Phi) is 2.37. The molecule has 5 nitrogen and oxygen atoms in total. The van der Waals surface area contributed by atoms with Gasteiger partial charge in [0.25, 0.3) is 0 Å². The average Bonchev–Trinajstić information content (AvgIpc) is 1.99. The number of nitro groups is 1. The number of benzene rings is 1. The number of nitro benzene ring substituents is 1. The number of phenols is 1. The van der Waals surface area contributed by atoms with E-state index in [2.05, 4.69) is 15.9 Å². The zero-order valence-corrected chi connectivity index (χ0v) is 7.71. The van der Waals surface area contributed by atoms with Crippen LogP contribution in [0.3, 0.4) is 0 Å². The highest BCUT2D eigenvalue weighted by molar-refractivity contribution is 9.10. The maximum atomic E-state index is 12.9. The number of hydrogen-bond donors (Lipinski definition) is 2. The van der Waals surface area contributed by atoms with Crippen LogP contribution < -0.4 is 5.73 Å². The first kappa shape index (κ1) is 9.72. The summed E-state index contributed by atoms with van der Waals surface area (Å²) in [6.45, 7) is 0. The van der Waals surface area contributed by atoms with Gasteiger partial charge >= 0.3 is 5.69 Å². The number of nitrogens with two attached hydrogens (primary N) is 1. The highest BCUT2D eigenvalue weighted by Crippen LogP contribution is 2.38. The summed E-state index contributed by atoms with van der Waals surface area (Å²) in [5, 5.41) is 19.4. The third kappa shape index (κ3) is 1.55. The monoisotopic (exact) mass is 250 g/mol. The van der Waals surface area contributed by atoms with Crippen molar-refractivity contribution in [3.8, 4) is 5.75 Å². The van der Waals surface area contributed by atoms with Crippen LogP contribution >= 0.6 is 15.9 Å². The topological polar surface area (TPSA) is 89.4 Å². The molecule has 0 amide bonds. The van der Waals surface area contributed by atoms with Crippen LogP contribution in [-0.4, -0.2) is 10.0 Å². The van der Waals surface area contributed by atoms with Crippen LogP contribution in [0.4, 0.5) is 15.8 Å². The van der Waals surface area contributed by atoms with E-state index in [1.54, 1.807) is 0 Å². The van der Waals surface area contributed by atoms with Gasteiger partial charge in [-0.2, -0.15) is 4.39 Å². The maximum Gasteiger partial charge on any atom is 0.331 e. The van der Waals surface area contributed by atoms with Gasteiger partial charge in [-0.25, -0.2) is 0 Å². The van der Waals surface area contributed by atoms with Crippen molar-refractivity contribution in [3.05, 3.63) is 26.5 Å². The van der Waals surface area contributed by atoms with Gasteiger partial charge in [0.15, 0.2) is 11.4 Å². The molecule has 0 saturated carbocycles. The molecule has 0 aromatic heterocycles. The first-order chi connectivity index (χ1) is 5.95. The zero-order valence-electron chi connectivity index (χ0n) is 6.12. The Morgan fingerprint density at radius 1 is 1.69 bits per heavy atom. The smallest absolute Gasteiger partial charge is 0.331 e. The predicted molar refractivity (Wildman–Crippen MR) is 46.8 cm³/mol. The summed E-state index contributed by atoms with van der Waals surface area (Å²) in [7, 11) is 0. The molecule has 1 aromatic rings. The van der Waals surface area contributed by atoms with Crippen molar-refractivity contribution in [2.75, 3.05) is 5.73 Å². The van der Waals surface area contributed by atoms with E-state index < -0.39 is 27.9 Å². The molecule has 7 heteroatoms. The minimum absolute atomic E-state index is 0.0203. The molecule has 1 aromatic carbocycles. The van der Waals surface area contributed by atoms with E-state index in [1.165, 1.54) is 0 Å². The van der Waals surface area contributed by atoms with Crippen molar-refractivity contribution in [2.45, 2.75) is 0 Å². The van der Waals surface area contributed by atoms with E-state index in [0.717, 1.165) is 6.07 Å². The lowest BCUT2D eigenvalue weighted by Crippen LogP contribution is -1.99. The van der Waals surface area contributed by atoms with Crippen molar-refractivity contribution in [1.29, 1.82) is 0 Å². The molecule has 0 aliphatic carbocycles. The van der Waals surface area contributed by atoms with Gasteiger partial charge in [-0.3, -0.25) is 10.1 Å². The number of aromatic hydroxyl groups is 1. The highest BCUT2D eigenvalue weighted by Gasteiger charge is 2.23. The second-order valence-electron chi connectivity index (χ2n) is 2.21. The van der Waals surface area contributed by atoms with E-state index in [1.807, 2.05) is 0 Å². The molecule has 0 saturated heterocycles. The molecule has 0 spiro atoms. The number of halogens is 2. The second kappa shape index (κ2) is 3.17. The Balaban J connectivity index is 3.53. The average molecular weight is 251 g/mol. The van der Waals surface area contributed by atoms with Crippen LogP contribution in [0.5, 0.6) is 5.75 Å². The number of nitrogens with zero attached hydrogens (tertiary/aromatic N) is 1. The first-order valence-corrected chi connectivity index (χ1v) is 3.85. The molecule has 13 heavy (non-hydrogen) atoms. The van der Waals surface area contributed by atoms with Gasteiger partial charge in [0.2, 0.25) is 5.82 Å². The van der Waals surface area contributed by atoms with Crippen molar-refractivity contribution < 1.29 is 14.4 Å². The quantitative estimate of drug-likeness (QED) is 0.344. The summed E-state index contributed by atoms with van der Waals surface area (Å²) >= 11 is 2.79. The van der Waals surface area contributed by atoms with Crippen molar-refractivity contribution in [3.63, 3.8) is 0 Å². The lowest BCUT2D eigenvalue weighted by molar-refractivity contribution is -0.386. The Morgan fingerprint density at radius 2 is 2.23 bits per heavy atom. The Morgan fingerprint density at radius 3 is 2.69 bits per heavy atom. The maximum absolute atomic E-state index is 12.9. The minimum Gasteiger partial charge on any atom is -0.504 e. The third-order valence-electron chi connectivity index (χ3n) is 1.40. The standard InChI is InChI=1S/C6H4BrFN2O3/c7-2-1-3(8)5(10(12)13)4(9)6(2)11/h1,11H,9H2. The first-order valence-electron chi connectivity index (χ1n) is 3.06. The van der Waals surface area contributed by atoms with Crippen molar-refractivity contribution in [1.82, 2.24) is 0 Å². The van der Waals surface area contributed by atoms with E-state index in [-0.39, 0.29) is 4.47 Å². The number of hydrogen-bond acceptors (Lipinski definition) is 4. The molecule has 3 N–H and O–H groups in total. The molecule has 0 unspecified atom stereocenters. The SMILES string of the molecule is Nc1c(O)c(Br)cc(F)c1[N+](=O)[O-]. The minimum atomic E-state index is -1.09. The van der Waals surface area contributed by atoms with E-state index in [4.69, 9.17) is 10.8 Å². The normalized spacial score (nSPS) is 10.0. The molecule has 70 valence electrons. The number of phenolic OH excluding ortho intramolecular Hbond substituents is 1. The van der Waals surface area contributed by atoms with Crippen LogP contribution in [0.15, 0.2) is 10.5 Å². The molecule has 0 bridgehead atoms. The lowest BCUT2D eigenvalue weighted by Gasteiger charge is -2.02. The highest BCUT2D eigenvalue weighted by atomic mass is 79.9. The van der Waals surface area contributed by atoms with Crippen molar-refractivity contribution in [2.24, 2.45) is 0 Å². The summed E-state index contributed by atoms with van der Waals surface area (Å²) in [5.41, 5.74) is 3.62. The molecular weight excluding hydrogens is 247 g/mol. The van der Waals surface area contributed by atoms with E-state index >= 15 is 0 Å². The van der Waals surface area contributed by atoms with Crippen LogP contribution in [-0.2, 0) is 0 Å². The number of anilines is 1. The molecule has 0 radical (unpaired) electrons. The summed E-state index contributed by atoms with van der Waals surface area (Å²) < 4.78 is 12.9. The molecule has 0 fully saturated rings. The fraction of sp³-hybridized carbons (Fsp3) is 0. The van der Waals surface area contributed by atoms with Crippen LogP contribution in [0.25, 0.3) is 0 Å². The zero-order chi connectivity index (χ0) is 10.2. The summed E-state index contributed by atoms with van der Waals surface area (Å²) in [6.07, 6.45) is 0. The molecule has 0 aliphatic heterocycles. The lowest BCUT2D eigenvalue weighted by atomic mass is 10.2. The Labute approximate surface area is 80.3 Å². The predicted octanol–water partition coefficient (Wildman–Crippen LogP) is 1.78. The summed E-state index contributed by atoms with van der Waals surface area (Å²) in [4.78, 5) is 9.28. The second-order valence-corrected chi connectivity index (χ2v) is 3.06. The molecule has 0 aliphatic rings. The van der Waals surface area contributed by atoms with Gasteiger partial charge in [-0.05, 0) is 22.0 Å². The van der Waals surface area contributed by atoms with Crippen LogP contribution in [0.2, 0.25) is 0 Å². The van der Waals surface area contributed by atoms with Crippen LogP contribution in [0.1, 0.15) is 0 Å². The molecule has 1 rings (SSSR count). The van der Waals surface area contributed by atoms with Gasteiger partial charge in [0, 0.05) is 0 Å². The Bertz CT molecular complexity index is 383. The fourth-order valence-corrected chi connectivity index (χ4v) is 1.22. The largest absolute Gasteiger partial charge is 0.504 e. The molecule has 0 atom stereocenters. The summed E-state index contributed by atoms with van der Waals surface area (Å²) in [6, 6.07) is 0.782. The van der Waals surface area contributed by atoms with Gasteiger partial charge in [0.05, 0.1) is 9.40 Å². The number of nitrogen functional groups attached to an aromatic ring is 1. The van der Waals surface area contributed by atoms with Gasteiger partial charge in [-0.15, -0.1) is 0 Å². The molecular formula is C6H4BrFN2O3. The summed E-state index contributed by atoms with van der Waals surface area (Å²) in [5.74, 6) is -1.62. The van der Waals surface area contributed by atoms with Gasteiger partial charge in [0.1, 0.15) is 0 Å². The fourth-order valence-electron chi connectivity index (χ4n) is 0.803. The van der Waals surface area contributed by atoms with Gasteiger partial charge in [-0.1, -0.05) is 0 Å². The third-order valence-corrected chi connectivity index (χ3v) is 2.00. The van der Waals surface area contributed by atoms with Crippen LogP contribution in [0, 0.1) is 15.9 Å². The van der Waals surface area contributed by atoms with E-state index in [9.17, 15) is 14.5 Å². The number of rotatable bonds is 1. The van der Waals surface area contributed by atoms with E-state index in [0.29, 0.717) is 0 Å².